The van der Waals surface area contributed by atoms with E-state index in [1.165, 1.54) is 37.1 Å². The largest absolute Gasteiger partial charge is 0.310 e. The third-order valence-corrected chi connectivity index (χ3v) is 3.40. The number of tetrazole rings is 1. The Morgan fingerprint density at radius 2 is 2.06 bits per heavy atom. The standard InChI is InChI=1S/C11H22N6/c1-16-7-4-10(5-8-16)3-6-12-9-11-13-15-17(2)14-11/h10,12H,3-9H2,1-2H3. The molecule has 1 N–H and O–H groups in total. The van der Waals surface area contributed by atoms with Crippen LogP contribution in [0.3, 0.4) is 0 Å². The monoisotopic (exact) mass is 238 g/mol. The van der Waals surface area contributed by atoms with Crippen LogP contribution in [0.4, 0.5) is 0 Å². The van der Waals surface area contributed by atoms with E-state index >= 15 is 0 Å². The van der Waals surface area contributed by atoms with Crippen molar-refractivity contribution in [2.75, 3.05) is 26.7 Å². The van der Waals surface area contributed by atoms with Gasteiger partial charge in [0.25, 0.3) is 0 Å². The maximum absolute atomic E-state index is 4.13. The molecule has 0 atom stereocenters. The van der Waals surface area contributed by atoms with Gasteiger partial charge in [-0.1, -0.05) is 0 Å². The predicted octanol–water partition coefficient (Wildman–Crippen LogP) is 0.0316. The van der Waals surface area contributed by atoms with Crippen molar-refractivity contribution in [1.82, 2.24) is 30.4 Å². The van der Waals surface area contributed by atoms with Crippen LogP contribution in [-0.2, 0) is 13.6 Å². The molecule has 0 aliphatic carbocycles. The van der Waals surface area contributed by atoms with Crippen LogP contribution in [0.2, 0.25) is 0 Å². The van der Waals surface area contributed by atoms with E-state index in [9.17, 15) is 0 Å². The lowest BCUT2D eigenvalue weighted by Crippen LogP contribution is -2.31. The molecule has 1 aromatic rings. The highest BCUT2D eigenvalue weighted by molar-refractivity contribution is 4.76. The van der Waals surface area contributed by atoms with Gasteiger partial charge in [-0.25, -0.2) is 0 Å². The van der Waals surface area contributed by atoms with Gasteiger partial charge in [0.05, 0.1) is 13.6 Å². The highest BCUT2D eigenvalue weighted by Crippen LogP contribution is 2.18. The fraction of sp³-hybridized carbons (Fsp3) is 0.909. The Hall–Kier alpha value is -1.01. The highest BCUT2D eigenvalue weighted by atomic mass is 15.6. The molecule has 1 fully saturated rings. The summed E-state index contributed by atoms with van der Waals surface area (Å²) in [5, 5.41) is 15.3. The zero-order chi connectivity index (χ0) is 12.1. The lowest BCUT2D eigenvalue weighted by atomic mass is 9.94. The molecule has 1 aliphatic heterocycles. The number of aryl methyl sites for hydroxylation is 1. The third-order valence-electron chi connectivity index (χ3n) is 3.40. The number of hydrogen-bond acceptors (Lipinski definition) is 5. The molecule has 96 valence electrons. The van der Waals surface area contributed by atoms with Gasteiger partial charge in [-0.2, -0.15) is 4.80 Å². The van der Waals surface area contributed by atoms with Gasteiger partial charge in [-0.3, -0.25) is 0 Å². The van der Waals surface area contributed by atoms with E-state index in [0.29, 0.717) is 0 Å². The van der Waals surface area contributed by atoms with E-state index in [-0.39, 0.29) is 0 Å². The number of nitrogens with zero attached hydrogens (tertiary/aromatic N) is 5. The SMILES string of the molecule is CN1CCC(CCNCc2nnn(C)n2)CC1. The minimum Gasteiger partial charge on any atom is -0.310 e. The summed E-state index contributed by atoms with van der Waals surface area (Å²) >= 11 is 0. The zero-order valence-electron chi connectivity index (χ0n) is 10.8. The quantitative estimate of drug-likeness (QED) is 0.734. The lowest BCUT2D eigenvalue weighted by Gasteiger charge is -2.28. The summed E-state index contributed by atoms with van der Waals surface area (Å²) in [6.07, 6.45) is 3.93. The van der Waals surface area contributed by atoms with Crippen LogP contribution in [0.25, 0.3) is 0 Å². The van der Waals surface area contributed by atoms with Crippen molar-refractivity contribution in [3.63, 3.8) is 0 Å². The molecule has 6 nitrogen and oxygen atoms in total. The fourth-order valence-corrected chi connectivity index (χ4v) is 2.25. The number of nitrogens with one attached hydrogen (secondary N) is 1. The molecular formula is C11H22N6. The smallest absolute Gasteiger partial charge is 0.188 e. The van der Waals surface area contributed by atoms with Crippen LogP contribution in [0.1, 0.15) is 25.1 Å². The van der Waals surface area contributed by atoms with Crippen LogP contribution in [0.5, 0.6) is 0 Å². The van der Waals surface area contributed by atoms with Gasteiger partial charge in [0.1, 0.15) is 0 Å². The first kappa shape index (κ1) is 12.4. The van der Waals surface area contributed by atoms with Gasteiger partial charge in [0.2, 0.25) is 0 Å². The summed E-state index contributed by atoms with van der Waals surface area (Å²) in [5.74, 6) is 1.66. The molecule has 2 rings (SSSR count). The average molecular weight is 238 g/mol. The molecule has 0 unspecified atom stereocenters. The topological polar surface area (TPSA) is 58.9 Å². The Bertz CT molecular complexity index is 328. The normalized spacial score (nSPS) is 18.7. The number of hydrogen-bond donors (Lipinski definition) is 1. The van der Waals surface area contributed by atoms with Crippen LogP contribution in [-0.4, -0.2) is 51.8 Å². The molecule has 0 saturated carbocycles. The Labute approximate surface area is 102 Å². The number of rotatable bonds is 5. The maximum Gasteiger partial charge on any atom is 0.188 e. The number of likely N-dealkylation sites (tertiary alicyclic amines) is 1. The summed E-state index contributed by atoms with van der Waals surface area (Å²) < 4.78 is 0. The fourth-order valence-electron chi connectivity index (χ4n) is 2.25. The van der Waals surface area contributed by atoms with Crippen molar-refractivity contribution >= 4 is 0 Å². The van der Waals surface area contributed by atoms with Crippen LogP contribution in [0.15, 0.2) is 0 Å². The molecule has 6 heteroatoms. The van der Waals surface area contributed by atoms with E-state index in [0.717, 1.165) is 24.8 Å². The Balaban J connectivity index is 1.57. The molecule has 2 heterocycles. The molecule has 0 bridgehead atoms. The third kappa shape index (κ3) is 4.05. The van der Waals surface area contributed by atoms with Crippen molar-refractivity contribution in [2.24, 2.45) is 13.0 Å². The molecule has 0 spiro atoms. The molecular weight excluding hydrogens is 216 g/mol. The minimum absolute atomic E-state index is 0.723. The first-order valence-corrected chi connectivity index (χ1v) is 6.36. The number of aromatic nitrogens is 4. The van der Waals surface area contributed by atoms with Gasteiger partial charge in [-0.15, -0.1) is 10.2 Å². The van der Waals surface area contributed by atoms with E-state index < -0.39 is 0 Å². The molecule has 1 saturated heterocycles. The first-order valence-electron chi connectivity index (χ1n) is 6.36. The summed E-state index contributed by atoms with van der Waals surface area (Å²) in [6, 6.07) is 0. The zero-order valence-corrected chi connectivity index (χ0v) is 10.8. The molecule has 0 amide bonds. The van der Waals surface area contributed by atoms with Crippen molar-refractivity contribution in [3.8, 4) is 0 Å². The van der Waals surface area contributed by atoms with Crippen molar-refractivity contribution in [3.05, 3.63) is 5.82 Å². The molecule has 17 heavy (non-hydrogen) atoms. The van der Waals surface area contributed by atoms with Gasteiger partial charge in [-0.05, 0) is 57.1 Å². The van der Waals surface area contributed by atoms with Crippen molar-refractivity contribution in [1.29, 1.82) is 0 Å². The minimum atomic E-state index is 0.723. The van der Waals surface area contributed by atoms with E-state index in [1.807, 2.05) is 0 Å². The Morgan fingerprint density at radius 1 is 1.29 bits per heavy atom. The predicted molar refractivity (Wildman–Crippen MR) is 65.3 cm³/mol. The van der Waals surface area contributed by atoms with Crippen LogP contribution < -0.4 is 5.32 Å². The molecule has 0 radical (unpaired) electrons. The lowest BCUT2D eigenvalue weighted by molar-refractivity contribution is 0.211. The second-order valence-electron chi connectivity index (χ2n) is 4.91. The molecule has 1 aromatic heterocycles. The van der Waals surface area contributed by atoms with Crippen molar-refractivity contribution in [2.45, 2.75) is 25.8 Å². The second-order valence-corrected chi connectivity index (χ2v) is 4.91. The van der Waals surface area contributed by atoms with Gasteiger partial charge in [0, 0.05) is 0 Å². The van der Waals surface area contributed by atoms with Crippen LogP contribution >= 0.6 is 0 Å². The van der Waals surface area contributed by atoms with E-state index in [1.54, 1.807) is 7.05 Å². The summed E-state index contributed by atoms with van der Waals surface area (Å²) in [5.41, 5.74) is 0. The van der Waals surface area contributed by atoms with E-state index in [4.69, 9.17) is 0 Å². The summed E-state index contributed by atoms with van der Waals surface area (Å²) in [7, 11) is 3.99. The van der Waals surface area contributed by atoms with E-state index in [2.05, 4.69) is 32.7 Å². The van der Waals surface area contributed by atoms with Crippen LogP contribution in [0, 0.1) is 5.92 Å². The van der Waals surface area contributed by atoms with Gasteiger partial charge < -0.3 is 10.2 Å². The van der Waals surface area contributed by atoms with Gasteiger partial charge in [0.15, 0.2) is 5.82 Å². The first-order chi connectivity index (χ1) is 8.24. The van der Waals surface area contributed by atoms with Crippen molar-refractivity contribution < 1.29 is 0 Å². The second kappa shape index (κ2) is 6.07. The summed E-state index contributed by atoms with van der Waals surface area (Å²) in [6.45, 7) is 4.26. The summed E-state index contributed by atoms with van der Waals surface area (Å²) in [4.78, 5) is 3.90. The Morgan fingerprint density at radius 3 is 2.71 bits per heavy atom. The number of piperidine rings is 1. The Kier molecular flexibility index (Phi) is 4.44. The maximum atomic E-state index is 4.13. The molecule has 0 aromatic carbocycles. The molecule has 1 aliphatic rings. The average Bonchev–Trinajstić information content (AvgIpc) is 2.73. The van der Waals surface area contributed by atoms with Gasteiger partial charge >= 0.3 is 0 Å². The highest BCUT2D eigenvalue weighted by Gasteiger charge is 2.15.